The number of rotatable bonds is 0. The van der Waals surface area contributed by atoms with Gasteiger partial charge in [0.2, 0.25) is 0 Å². The number of halogens is 2. The van der Waals surface area contributed by atoms with Gasteiger partial charge in [-0.3, -0.25) is 0 Å². The Labute approximate surface area is 76.6 Å². The summed E-state index contributed by atoms with van der Waals surface area (Å²) >= 11 is 0. The summed E-state index contributed by atoms with van der Waals surface area (Å²) in [7, 11) is 0. The number of hydrogen-bond donors (Lipinski definition) is 0. The van der Waals surface area contributed by atoms with E-state index in [4.69, 9.17) is 0 Å². The quantitative estimate of drug-likeness (QED) is 0.578. The third-order valence-corrected chi connectivity index (χ3v) is 2.76. The number of fused-ring (bicyclic) bond motifs is 1. The number of hydrogen-bond acceptors (Lipinski definition) is 0. The fraction of sp³-hybridized carbons (Fsp3) is 0.455. The molecule has 0 heterocycles. The third-order valence-electron chi connectivity index (χ3n) is 2.76. The summed E-state index contributed by atoms with van der Waals surface area (Å²) in [6.45, 7) is 1.50. The minimum atomic E-state index is -0.404. The molecule has 0 spiro atoms. The van der Waals surface area contributed by atoms with Gasteiger partial charge in [0.15, 0.2) is 0 Å². The first kappa shape index (κ1) is 8.67. The molecule has 0 fully saturated rings. The van der Waals surface area contributed by atoms with Crippen LogP contribution in [-0.4, -0.2) is 0 Å². The summed E-state index contributed by atoms with van der Waals surface area (Å²) in [5.74, 6) is -0.729. The molecule has 70 valence electrons. The second kappa shape index (κ2) is 3.09. The highest BCUT2D eigenvalue weighted by Gasteiger charge is 2.17. The van der Waals surface area contributed by atoms with Crippen molar-refractivity contribution in [3.8, 4) is 0 Å². The normalized spacial score (nSPS) is 15.6. The molecule has 0 amide bonds. The van der Waals surface area contributed by atoms with Crippen molar-refractivity contribution in [3.05, 3.63) is 34.4 Å². The molecule has 0 unspecified atom stereocenters. The van der Waals surface area contributed by atoms with Gasteiger partial charge in [-0.05, 0) is 49.8 Å². The van der Waals surface area contributed by atoms with Gasteiger partial charge >= 0.3 is 0 Å². The first-order valence-corrected chi connectivity index (χ1v) is 4.66. The molecule has 0 saturated heterocycles. The Kier molecular flexibility index (Phi) is 2.06. The maximum Gasteiger partial charge on any atom is 0.132 e. The van der Waals surface area contributed by atoms with Crippen LogP contribution in [-0.2, 0) is 12.8 Å². The molecular formula is C11H12F2. The van der Waals surface area contributed by atoms with E-state index in [9.17, 15) is 8.78 Å². The maximum atomic E-state index is 13.5. The lowest BCUT2D eigenvalue weighted by Crippen LogP contribution is -2.08. The van der Waals surface area contributed by atoms with E-state index in [2.05, 4.69) is 0 Å². The second-order valence-electron chi connectivity index (χ2n) is 3.64. The van der Waals surface area contributed by atoms with Gasteiger partial charge in [0, 0.05) is 5.56 Å². The van der Waals surface area contributed by atoms with Gasteiger partial charge in [-0.1, -0.05) is 0 Å². The van der Waals surface area contributed by atoms with E-state index in [1.807, 2.05) is 0 Å². The molecule has 0 aromatic heterocycles. The number of benzene rings is 1. The van der Waals surface area contributed by atoms with Crippen molar-refractivity contribution in [2.45, 2.75) is 32.6 Å². The largest absolute Gasteiger partial charge is 0.207 e. The van der Waals surface area contributed by atoms with Crippen molar-refractivity contribution in [2.24, 2.45) is 0 Å². The zero-order chi connectivity index (χ0) is 9.42. The van der Waals surface area contributed by atoms with E-state index in [0.717, 1.165) is 36.8 Å². The minimum Gasteiger partial charge on any atom is -0.207 e. The molecule has 1 aliphatic rings. The molecule has 0 atom stereocenters. The zero-order valence-corrected chi connectivity index (χ0v) is 7.66. The topological polar surface area (TPSA) is 0 Å². The van der Waals surface area contributed by atoms with Crippen molar-refractivity contribution < 1.29 is 8.78 Å². The summed E-state index contributed by atoms with van der Waals surface area (Å²) in [6, 6.07) is 1.49. The van der Waals surface area contributed by atoms with Crippen LogP contribution in [0, 0.1) is 18.6 Å². The fourth-order valence-electron chi connectivity index (χ4n) is 1.93. The summed E-state index contributed by atoms with van der Waals surface area (Å²) in [5, 5.41) is 0. The molecule has 0 bridgehead atoms. The van der Waals surface area contributed by atoms with Gasteiger partial charge in [0.25, 0.3) is 0 Å². The fourth-order valence-corrected chi connectivity index (χ4v) is 1.93. The highest BCUT2D eigenvalue weighted by atomic mass is 19.1. The average molecular weight is 182 g/mol. The summed E-state index contributed by atoms with van der Waals surface area (Å²) in [4.78, 5) is 0. The van der Waals surface area contributed by atoms with Gasteiger partial charge in [0.05, 0.1) is 0 Å². The predicted molar refractivity (Wildman–Crippen MR) is 47.7 cm³/mol. The van der Waals surface area contributed by atoms with E-state index in [-0.39, 0.29) is 11.4 Å². The average Bonchev–Trinajstić information content (AvgIpc) is 2.15. The minimum absolute atomic E-state index is 0.167. The Morgan fingerprint density at radius 1 is 1.15 bits per heavy atom. The van der Waals surface area contributed by atoms with Crippen LogP contribution in [0.2, 0.25) is 0 Å². The lowest BCUT2D eigenvalue weighted by molar-refractivity contribution is 0.536. The van der Waals surface area contributed by atoms with Crippen LogP contribution in [0.1, 0.15) is 29.5 Å². The molecule has 0 aliphatic heterocycles. The lowest BCUT2D eigenvalue weighted by atomic mass is 9.90. The Balaban J connectivity index is 2.60. The van der Waals surface area contributed by atoms with E-state index in [1.54, 1.807) is 0 Å². The molecule has 2 rings (SSSR count). The summed E-state index contributed by atoms with van der Waals surface area (Å²) in [6.07, 6.45) is 3.66. The van der Waals surface area contributed by atoms with Gasteiger partial charge in [-0.2, -0.15) is 0 Å². The van der Waals surface area contributed by atoms with E-state index < -0.39 is 5.82 Å². The first-order valence-electron chi connectivity index (χ1n) is 4.66. The zero-order valence-electron chi connectivity index (χ0n) is 7.66. The van der Waals surface area contributed by atoms with E-state index in [1.165, 1.54) is 13.0 Å². The molecule has 1 aliphatic carbocycles. The van der Waals surface area contributed by atoms with Gasteiger partial charge in [-0.15, -0.1) is 0 Å². The van der Waals surface area contributed by atoms with Crippen LogP contribution >= 0.6 is 0 Å². The third kappa shape index (κ3) is 1.34. The standard InChI is InChI=1S/C11H12F2/c1-7-10(12)6-8-4-2-3-5-9(8)11(7)13/h6H,2-5H2,1H3. The molecule has 1 aromatic carbocycles. The lowest BCUT2D eigenvalue weighted by Gasteiger charge is -2.17. The van der Waals surface area contributed by atoms with Crippen LogP contribution < -0.4 is 0 Å². The van der Waals surface area contributed by atoms with Crippen LogP contribution in [0.4, 0.5) is 8.78 Å². The van der Waals surface area contributed by atoms with Crippen molar-refractivity contribution in [3.63, 3.8) is 0 Å². The van der Waals surface area contributed by atoms with Crippen molar-refractivity contribution >= 4 is 0 Å². The molecular weight excluding hydrogens is 170 g/mol. The first-order chi connectivity index (χ1) is 6.20. The summed E-state index contributed by atoms with van der Waals surface area (Å²) < 4.78 is 26.6. The van der Waals surface area contributed by atoms with Crippen molar-refractivity contribution in [1.29, 1.82) is 0 Å². The molecule has 1 aromatic rings. The second-order valence-corrected chi connectivity index (χ2v) is 3.64. The van der Waals surface area contributed by atoms with E-state index in [0.29, 0.717) is 0 Å². The van der Waals surface area contributed by atoms with Crippen LogP contribution in [0.3, 0.4) is 0 Å². The van der Waals surface area contributed by atoms with E-state index >= 15 is 0 Å². The number of aryl methyl sites for hydroxylation is 1. The van der Waals surface area contributed by atoms with Crippen LogP contribution in [0.15, 0.2) is 6.07 Å². The van der Waals surface area contributed by atoms with Crippen molar-refractivity contribution in [1.82, 2.24) is 0 Å². The highest BCUT2D eigenvalue weighted by molar-refractivity contribution is 5.36. The Bertz CT molecular complexity index is 342. The molecule has 2 heteroatoms. The SMILES string of the molecule is Cc1c(F)cc2c(c1F)CCCC2. The molecule has 0 saturated carbocycles. The van der Waals surface area contributed by atoms with Gasteiger partial charge in [0.1, 0.15) is 11.6 Å². The maximum absolute atomic E-state index is 13.5. The molecule has 0 N–H and O–H groups in total. The summed E-state index contributed by atoms with van der Waals surface area (Å²) in [5.41, 5.74) is 1.78. The van der Waals surface area contributed by atoms with Crippen molar-refractivity contribution in [2.75, 3.05) is 0 Å². The molecule has 0 nitrogen and oxygen atoms in total. The Morgan fingerprint density at radius 3 is 2.62 bits per heavy atom. The molecule has 13 heavy (non-hydrogen) atoms. The van der Waals surface area contributed by atoms with Crippen LogP contribution in [0.5, 0.6) is 0 Å². The Hall–Kier alpha value is -0.920. The predicted octanol–water partition coefficient (Wildman–Crippen LogP) is 3.15. The van der Waals surface area contributed by atoms with Gasteiger partial charge < -0.3 is 0 Å². The Morgan fingerprint density at radius 2 is 1.85 bits per heavy atom. The van der Waals surface area contributed by atoms with Gasteiger partial charge in [-0.25, -0.2) is 8.78 Å². The smallest absolute Gasteiger partial charge is 0.132 e. The molecule has 0 radical (unpaired) electrons. The highest BCUT2D eigenvalue weighted by Crippen LogP contribution is 2.27. The monoisotopic (exact) mass is 182 g/mol. The van der Waals surface area contributed by atoms with Crippen LogP contribution in [0.25, 0.3) is 0 Å².